The topological polar surface area (TPSA) is 88.4 Å². The predicted octanol–water partition coefficient (Wildman–Crippen LogP) is 1.77. The lowest BCUT2D eigenvalue weighted by molar-refractivity contribution is -0.121. The second-order valence-corrected chi connectivity index (χ2v) is 5.79. The van der Waals surface area contributed by atoms with E-state index in [4.69, 9.17) is 9.84 Å². The number of carbonyl (C=O) groups is 1. The minimum atomic E-state index is -0.122. The maximum atomic E-state index is 12.4. The van der Waals surface area contributed by atoms with Crippen LogP contribution in [0.5, 0.6) is 5.75 Å². The monoisotopic (exact) mass is 354 g/mol. The molecule has 0 saturated carbocycles. The van der Waals surface area contributed by atoms with Gasteiger partial charge in [0, 0.05) is 13.1 Å². The molecule has 1 aromatic heterocycles. The van der Waals surface area contributed by atoms with E-state index >= 15 is 0 Å². The van der Waals surface area contributed by atoms with Crippen molar-refractivity contribution in [2.75, 3.05) is 25.6 Å². The molecule has 1 amide bonds. The predicted molar refractivity (Wildman–Crippen MR) is 100 cm³/mol. The highest BCUT2D eigenvalue weighted by Gasteiger charge is 2.13. The smallest absolute Gasteiger partial charge is 0.240 e. The first-order valence-electron chi connectivity index (χ1n) is 8.41. The minimum Gasteiger partial charge on any atom is -0.497 e. The number of fused-ring (bicyclic) bond motifs is 1. The number of imidazole rings is 1. The van der Waals surface area contributed by atoms with Crippen molar-refractivity contribution in [2.24, 2.45) is 0 Å². The number of para-hydroxylation sites is 2. The fourth-order valence-corrected chi connectivity index (χ4v) is 2.72. The van der Waals surface area contributed by atoms with Gasteiger partial charge in [-0.3, -0.25) is 4.79 Å². The van der Waals surface area contributed by atoms with Gasteiger partial charge in [0.1, 0.15) is 12.3 Å². The normalized spacial score (nSPS) is 10.7. The number of nitrogens with one attached hydrogen (secondary N) is 2. The Bertz CT molecular complexity index is 891. The molecule has 0 saturated heterocycles. The molecule has 1 heterocycles. The molecule has 3 aromatic rings. The summed E-state index contributed by atoms with van der Waals surface area (Å²) in [6.07, 6.45) is 0. The average molecular weight is 354 g/mol. The number of carbonyl (C=O) groups excluding carboxylic acids is 1. The van der Waals surface area contributed by atoms with Crippen molar-refractivity contribution in [1.29, 1.82) is 0 Å². The highest BCUT2D eigenvalue weighted by Crippen LogP contribution is 2.19. The second kappa shape index (κ2) is 8.35. The molecule has 0 bridgehead atoms. The van der Waals surface area contributed by atoms with Gasteiger partial charge in [0.15, 0.2) is 0 Å². The van der Waals surface area contributed by atoms with E-state index in [0.717, 1.165) is 22.3 Å². The average Bonchev–Trinajstić information content (AvgIpc) is 3.02. The van der Waals surface area contributed by atoms with Crippen molar-refractivity contribution >= 4 is 22.9 Å². The van der Waals surface area contributed by atoms with Gasteiger partial charge in [-0.25, -0.2) is 4.98 Å². The van der Waals surface area contributed by atoms with Gasteiger partial charge in [0.25, 0.3) is 0 Å². The summed E-state index contributed by atoms with van der Waals surface area (Å²) in [7, 11) is 1.61. The fraction of sp³-hybridized carbons (Fsp3) is 0.263. The molecule has 3 rings (SSSR count). The number of aliphatic hydroxyl groups is 1. The van der Waals surface area contributed by atoms with E-state index in [0.29, 0.717) is 19.0 Å². The number of nitrogens with zero attached hydrogens (tertiary/aromatic N) is 2. The second-order valence-electron chi connectivity index (χ2n) is 5.79. The van der Waals surface area contributed by atoms with E-state index in [2.05, 4.69) is 15.6 Å². The third-order valence-electron chi connectivity index (χ3n) is 3.98. The van der Waals surface area contributed by atoms with Crippen molar-refractivity contribution in [3.8, 4) is 5.75 Å². The van der Waals surface area contributed by atoms with Crippen LogP contribution in [-0.2, 0) is 17.9 Å². The van der Waals surface area contributed by atoms with Gasteiger partial charge in [-0.2, -0.15) is 0 Å². The van der Waals surface area contributed by atoms with Crippen molar-refractivity contribution in [3.63, 3.8) is 0 Å². The molecule has 0 spiro atoms. The Morgan fingerprint density at radius 1 is 1.23 bits per heavy atom. The van der Waals surface area contributed by atoms with Crippen LogP contribution in [0.1, 0.15) is 5.56 Å². The summed E-state index contributed by atoms with van der Waals surface area (Å²) < 4.78 is 7.01. The van der Waals surface area contributed by atoms with Gasteiger partial charge in [0.05, 0.1) is 24.8 Å². The summed E-state index contributed by atoms with van der Waals surface area (Å²) in [6.45, 7) is 0.917. The first-order chi connectivity index (χ1) is 12.7. The molecule has 0 aliphatic rings. The maximum absolute atomic E-state index is 12.4. The number of benzene rings is 2. The fourth-order valence-electron chi connectivity index (χ4n) is 2.72. The Morgan fingerprint density at radius 3 is 2.88 bits per heavy atom. The Balaban J connectivity index is 1.71. The van der Waals surface area contributed by atoms with E-state index in [1.807, 2.05) is 53.1 Å². The lowest BCUT2D eigenvalue weighted by Gasteiger charge is -2.11. The van der Waals surface area contributed by atoms with Crippen LogP contribution in [-0.4, -0.2) is 40.8 Å². The summed E-state index contributed by atoms with van der Waals surface area (Å²) in [6, 6.07) is 15.2. The number of amides is 1. The third kappa shape index (κ3) is 4.12. The highest BCUT2D eigenvalue weighted by molar-refractivity contribution is 5.83. The molecule has 0 aliphatic heterocycles. The van der Waals surface area contributed by atoms with Crippen molar-refractivity contribution in [2.45, 2.75) is 13.1 Å². The molecule has 0 radical (unpaired) electrons. The number of hydrogen-bond acceptors (Lipinski definition) is 5. The van der Waals surface area contributed by atoms with Crippen LogP contribution in [0.25, 0.3) is 11.0 Å². The summed E-state index contributed by atoms with van der Waals surface area (Å²) >= 11 is 0. The number of rotatable bonds is 8. The Kier molecular flexibility index (Phi) is 5.70. The van der Waals surface area contributed by atoms with Crippen LogP contribution in [0.4, 0.5) is 5.95 Å². The quantitative estimate of drug-likeness (QED) is 0.574. The van der Waals surface area contributed by atoms with E-state index in [1.165, 1.54) is 0 Å². The van der Waals surface area contributed by atoms with E-state index in [9.17, 15) is 4.79 Å². The van der Waals surface area contributed by atoms with Gasteiger partial charge in [0.2, 0.25) is 11.9 Å². The van der Waals surface area contributed by atoms with Crippen LogP contribution in [0, 0.1) is 0 Å². The molecule has 2 aromatic carbocycles. The van der Waals surface area contributed by atoms with Crippen LogP contribution in [0.15, 0.2) is 48.5 Å². The van der Waals surface area contributed by atoms with Crippen LogP contribution >= 0.6 is 0 Å². The number of anilines is 1. The van der Waals surface area contributed by atoms with Gasteiger partial charge >= 0.3 is 0 Å². The number of hydrogen-bond donors (Lipinski definition) is 3. The molecule has 0 aliphatic carbocycles. The largest absolute Gasteiger partial charge is 0.497 e. The summed E-state index contributed by atoms with van der Waals surface area (Å²) in [5.41, 5.74) is 2.63. The zero-order chi connectivity index (χ0) is 18.4. The minimum absolute atomic E-state index is 0.00869. The summed E-state index contributed by atoms with van der Waals surface area (Å²) in [4.78, 5) is 16.9. The van der Waals surface area contributed by atoms with Gasteiger partial charge < -0.3 is 25.0 Å². The van der Waals surface area contributed by atoms with E-state index in [-0.39, 0.29) is 19.1 Å². The maximum Gasteiger partial charge on any atom is 0.240 e. The molecule has 7 heteroatoms. The SMILES string of the molecule is COc1cccc(CNC(=O)Cn2c(NCCO)nc3ccccc32)c1. The molecule has 0 fully saturated rings. The third-order valence-corrected chi connectivity index (χ3v) is 3.98. The Labute approximate surface area is 151 Å². The molecule has 136 valence electrons. The van der Waals surface area contributed by atoms with E-state index < -0.39 is 0 Å². The molecule has 0 atom stereocenters. The number of aromatic nitrogens is 2. The van der Waals surface area contributed by atoms with Crippen molar-refractivity contribution < 1.29 is 14.6 Å². The molecule has 26 heavy (non-hydrogen) atoms. The number of methoxy groups -OCH3 is 1. The molecule has 0 unspecified atom stereocenters. The standard InChI is InChI=1S/C19H22N4O3/c1-26-15-6-4-5-14(11-15)12-21-18(25)13-23-17-8-3-2-7-16(17)22-19(23)20-9-10-24/h2-8,11,24H,9-10,12-13H2,1H3,(H,20,22)(H,21,25). The lowest BCUT2D eigenvalue weighted by atomic mass is 10.2. The molecule has 7 nitrogen and oxygen atoms in total. The van der Waals surface area contributed by atoms with Crippen molar-refractivity contribution in [1.82, 2.24) is 14.9 Å². The lowest BCUT2D eigenvalue weighted by Crippen LogP contribution is -2.27. The van der Waals surface area contributed by atoms with Gasteiger partial charge in [-0.1, -0.05) is 24.3 Å². The Hall–Kier alpha value is -3.06. The van der Waals surface area contributed by atoms with Crippen LogP contribution < -0.4 is 15.4 Å². The first-order valence-corrected chi connectivity index (χ1v) is 8.41. The Morgan fingerprint density at radius 2 is 2.08 bits per heavy atom. The number of ether oxygens (including phenoxy) is 1. The molecular formula is C19H22N4O3. The first kappa shape index (κ1) is 17.8. The summed E-state index contributed by atoms with van der Waals surface area (Å²) in [5.74, 6) is 1.20. The highest BCUT2D eigenvalue weighted by atomic mass is 16.5. The number of aliphatic hydroxyl groups excluding tert-OH is 1. The molecular weight excluding hydrogens is 332 g/mol. The van der Waals surface area contributed by atoms with Gasteiger partial charge in [-0.05, 0) is 29.8 Å². The van der Waals surface area contributed by atoms with Crippen LogP contribution in [0.2, 0.25) is 0 Å². The van der Waals surface area contributed by atoms with Gasteiger partial charge in [-0.15, -0.1) is 0 Å². The zero-order valence-corrected chi connectivity index (χ0v) is 14.6. The zero-order valence-electron chi connectivity index (χ0n) is 14.6. The van der Waals surface area contributed by atoms with Crippen molar-refractivity contribution in [3.05, 3.63) is 54.1 Å². The summed E-state index contributed by atoms with van der Waals surface area (Å²) in [5, 5.41) is 15.0. The van der Waals surface area contributed by atoms with Crippen LogP contribution in [0.3, 0.4) is 0 Å². The molecule has 3 N–H and O–H groups in total. The van der Waals surface area contributed by atoms with E-state index in [1.54, 1.807) is 7.11 Å².